The number of hydrogen-bond donors (Lipinski definition) is 2. The zero-order chi connectivity index (χ0) is 11.4. The van der Waals surface area contributed by atoms with Crippen molar-refractivity contribution in [1.29, 1.82) is 5.26 Å². The maximum absolute atomic E-state index is 8.97. The maximum Gasteiger partial charge on any atom is 0.163 e. The highest BCUT2D eigenvalue weighted by Gasteiger charge is 2.26. The third kappa shape index (κ3) is 2.31. The maximum atomic E-state index is 8.97. The van der Waals surface area contributed by atoms with Gasteiger partial charge in [-0.2, -0.15) is 5.26 Å². The average Bonchev–Trinajstić information content (AvgIpc) is 2.30. The first kappa shape index (κ1) is 10.9. The summed E-state index contributed by atoms with van der Waals surface area (Å²) in [6.45, 7) is 4.24. The van der Waals surface area contributed by atoms with Gasteiger partial charge in [0, 0.05) is 11.7 Å². The highest BCUT2D eigenvalue weighted by molar-refractivity contribution is 5.54. The van der Waals surface area contributed by atoms with E-state index in [2.05, 4.69) is 28.6 Å². The molecule has 0 bridgehead atoms. The first-order valence-electron chi connectivity index (χ1n) is 5.57. The van der Waals surface area contributed by atoms with Gasteiger partial charge < -0.3 is 10.6 Å². The molecule has 1 aromatic heterocycles. The van der Waals surface area contributed by atoms with Gasteiger partial charge in [-0.3, -0.25) is 0 Å². The van der Waals surface area contributed by atoms with E-state index in [0.29, 0.717) is 5.69 Å². The Hall–Kier alpha value is -1.60. The first-order chi connectivity index (χ1) is 7.73. The Morgan fingerprint density at radius 1 is 1.50 bits per heavy atom. The molecule has 0 unspecified atom stereocenters. The summed E-state index contributed by atoms with van der Waals surface area (Å²) in [6.07, 6.45) is 3.77. The second-order valence-corrected chi connectivity index (χ2v) is 4.45. The highest BCUT2D eigenvalue weighted by atomic mass is 15.0. The van der Waals surface area contributed by atoms with Crippen LogP contribution in [0.15, 0.2) is 18.3 Å². The van der Waals surface area contributed by atoms with Gasteiger partial charge in [-0.05, 0) is 45.0 Å². The summed E-state index contributed by atoms with van der Waals surface area (Å²) in [7, 11) is 0. The van der Waals surface area contributed by atoms with E-state index in [0.717, 1.165) is 31.6 Å². The fraction of sp³-hybridized carbons (Fsp3) is 0.500. The molecule has 2 rings (SSSR count). The molecule has 16 heavy (non-hydrogen) atoms. The molecule has 0 spiro atoms. The van der Waals surface area contributed by atoms with E-state index in [4.69, 9.17) is 5.26 Å². The molecule has 0 saturated carbocycles. The first-order valence-corrected chi connectivity index (χ1v) is 5.57. The molecule has 0 atom stereocenters. The van der Waals surface area contributed by atoms with Crippen molar-refractivity contribution in [2.75, 3.05) is 18.4 Å². The monoisotopic (exact) mass is 216 g/mol. The molecule has 4 nitrogen and oxygen atoms in total. The van der Waals surface area contributed by atoms with Crippen LogP contribution in [0.2, 0.25) is 0 Å². The van der Waals surface area contributed by atoms with Crippen LogP contribution in [0.1, 0.15) is 25.5 Å². The Balaban J connectivity index is 2.16. The number of anilines is 1. The number of aromatic nitrogens is 1. The number of nitrogens with zero attached hydrogens (tertiary/aromatic N) is 2. The summed E-state index contributed by atoms with van der Waals surface area (Å²) < 4.78 is 0. The molecular weight excluding hydrogens is 200 g/mol. The summed E-state index contributed by atoms with van der Waals surface area (Å²) in [5.41, 5.74) is 1.39. The van der Waals surface area contributed by atoms with Gasteiger partial charge in [-0.1, -0.05) is 0 Å². The third-order valence-electron chi connectivity index (χ3n) is 3.06. The predicted octanol–water partition coefficient (Wildman–Crippen LogP) is 1.51. The molecule has 0 radical (unpaired) electrons. The molecule has 1 saturated heterocycles. The van der Waals surface area contributed by atoms with Crippen molar-refractivity contribution in [2.45, 2.75) is 25.3 Å². The van der Waals surface area contributed by atoms with Crippen LogP contribution in [0, 0.1) is 11.3 Å². The minimum Gasteiger partial charge on any atom is -0.377 e. The molecule has 4 heteroatoms. The van der Waals surface area contributed by atoms with Crippen LogP contribution in [-0.4, -0.2) is 23.6 Å². The van der Waals surface area contributed by atoms with E-state index in [1.54, 1.807) is 6.20 Å². The standard InChI is InChI=1S/C12H16N4/c1-12(4-7-14-8-5-12)16-10-3-2-6-15-11(10)9-13/h2-3,6,14,16H,4-5,7-8H2,1H3. The molecule has 0 amide bonds. The Bertz CT molecular complexity index is 402. The van der Waals surface area contributed by atoms with E-state index < -0.39 is 0 Å². The van der Waals surface area contributed by atoms with E-state index >= 15 is 0 Å². The van der Waals surface area contributed by atoms with Gasteiger partial charge in [0.1, 0.15) is 6.07 Å². The SMILES string of the molecule is CC1(Nc2cccnc2C#N)CCNCC1. The molecule has 2 N–H and O–H groups in total. The number of hydrogen-bond acceptors (Lipinski definition) is 4. The summed E-state index contributed by atoms with van der Waals surface area (Å²) in [6, 6.07) is 5.88. The predicted molar refractivity (Wildman–Crippen MR) is 63.1 cm³/mol. The Morgan fingerprint density at radius 2 is 2.25 bits per heavy atom. The van der Waals surface area contributed by atoms with Crippen LogP contribution in [0.3, 0.4) is 0 Å². The van der Waals surface area contributed by atoms with Crippen molar-refractivity contribution in [3.63, 3.8) is 0 Å². The van der Waals surface area contributed by atoms with Crippen molar-refractivity contribution in [3.8, 4) is 6.07 Å². The molecule has 1 fully saturated rings. The number of rotatable bonds is 2. The van der Waals surface area contributed by atoms with E-state index in [-0.39, 0.29) is 5.54 Å². The number of pyridine rings is 1. The van der Waals surface area contributed by atoms with Crippen LogP contribution in [0.5, 0.6) is 0 Å². The highest BCUT2D eigenvalue weighted by Crippen LogP contribution is 2.24. The quantitative estimate of drug-likeness (QED) is 0.786. The molecule has 84 valence electrons. The van der Waals surface area contributed by atoms with Crippen LogP contribution in [-0.2, 0) is 0 Å². The lowest BCUT2D eigenvalue weighted by molar-refractivity contribution is 0.365. The molecule has 1 aliphatic heterocycles. The normalized spacial score (nSPS) is 18.8. The van der Waals surface area contributed by atoms with E-state index in [1.807, 2.05) is 12.1 Å². The number of nitriles is 1. The van der Waals surface area contributed by atoms with Crippen molar-refractivity contribution in [1.82, 2.24) is 10.3 Å². The lowest BCUT2D eigenvalue weighted by Gasteiger charge is -2.36. The van der Waals surface area contributed by atoms with Crippen molar-refractivity contribution >= 4 is 5.69 Å². The lowest BCUT2D eigenvalue weighted by Crippen LogP contribution is -2.45. The van der Waals surface area contributed by atoms with Gasteiger partial charge in [-0.15, -0.1) is 0 Å². The van der Waals surface area contributed by atoms with Gasteiger partial charge in [0.2, 0.25) is 0 Å². The zero-order valence-electron chi connectivity index (χ0n) is 9.45. The minimum absolute atomic E-state index is 0.0693. The number of nitrogens with one attached hydrogen (secondary N) is 2. The Morgan fingerprint density at radius 3 is 2.94 bits per heavy atom. The van der Waals surface area contributed by atoms with Gasteiger partial charge in [0.15, 0.2) is 5.69 Å². The fourth-order valence-electron chi connectivity index (χ4n) is 2.02. The summed E-state index contributed by atoms with van der Waals surface area (Å²) in [4.78, 5) is 4.05. The lowest BCUT2D eigenvalue weighted by atomic mass is 9.90. The van der Waals surface area contributed by atoms with Crippen LogP contribution >= 0.6 is 0 Å². The number of piperidine rings is 1. The smallest absolute Gasteiger partial charge is 0.163 e. The second-order valence-electron chi connectivity index (χ2n) is 4.45. The van der Waals surface area contributed by atoms with E-state index in [1.165, 1.54) is 0 Å². The van der Waals surface area contributed by atoms with Crippen LogP contribution in [0.25, 0.3) is 0 Å². The van der Waals surface area contributed by atoms with Crippen molar-refractivity contribution in [2.24, 2.45) is 0 Å². The molecule has 1 aliphatic rings. The Labute approximate surface area is 95.7 Å². The zero-order valence-corrected chi connectivity index (χ0v) is 9.45. The Kier molecular flexibility index (Phi) is 3.07. The van der Waals surface area contributed by atoms with Gasteiger partial charge in [0.25, 0.3) is 0 Å². The fourth-order valence-corrected chi connectivity index (χ4v) is 2.02. The van der Waals surface area contributed by atoms with Crippen molar-refractivity contribution in [3.05, 3.63) is 24.0 Å². The molecule has 0 aliphatic carbocycles. The average molecular weight is 216 g/mol. The van der Waals surface area contributed by atoms with Gasteiger partial charge in [0.05, 0.1) is 5.69 Å². The largest absolute Gasteiger partial charge is 0.377 e. The second kappa shape index (κ2) is 4.50. The topological polar surface area (TPSA) is 60.7 Å². The summed E-state index contributed by atoms with van der Waals surface area (Å²) in [5, 5.41) is 15.8. The third-order valence-corrected chi connectivity index (χ3v) is 3.06. The molecule has 2 heterocycles. The minimum atomic E-state index is 0.0693. The summed E-state index contributed by atoms with van der Waals surface area (Å²) in [5.74, 6) is 0. The molecular formula is C12H16N4. The van der Waals surface area contributed by atoms with Crippen LogP contribution in [0.4, 0.5) is 5.69 Å². The van der Waals surface area contributed by atoms with Crippen LogP contribution < -0.4 is 10.6 Å². The molecule has 0 aromatic carbocycles. The van der Waals surface area contributed by atoms with Gasteiger partial charge >= 0.3 is 0 Å². The van der Waals surface area contributed by atoms with Crippen molar-refractivity contribution < 1.29 is 0 Å². The molecule has 1 aromatic rings. The van der Waals surface area contributed by atoms with E-state index in [9.17, 15) is 0 Å². The van der Waals surface area contributed by atoms with Gasteiger partial charge in [-0.25, -0.2) is 4.98 Å². The summed E-state index contributed by atoms with van der Waals surface area (Å²) >= 11 is 0.